The summed E-state index contributed by atoms with van der Waals surface area (Å²) in [6.07, 6.45) is 0. The average Bonchev–Trinajstić information content (AvgIpc) is 2.73. The number of aromatic nitrogens is 2. The molecule has 0 fully saturated rings. The first-order chi connectivity index (χ1) is 10.0. The minimum Gasteiger partial charge on any atom is -0.226 e. The molecule has 0 N–H and O–H groups in total. The fourth-order valence-electron chi connectivity index (χ4n) is 2.25. The second-order valence-electron chi connectivity index (χ2n) is 5.31. The molecule has 1 aromatic carbocycles. The minimum absolute atomic E-state index is 0.857. The summed E-state index contributed by atoms with van der Waals surface area (Å²) < 4.78 is 0. The zero-order valence-electron chi connectivity index (χ0n) is 12.7. The number of hydrogen-bond acceptors (Lipinski definition) is 4. The maximum atomic E-state index is 4.67. The second-order valence-corrected chi connectivity index (χ2v) is 7.48. The molecular formula is C17H18N2S2. The predicted octanol–water partition coefficient (Wildman–Crippen LogP) is 5.22. The van der Waals surface area contributed by atoms with Crippen LogP contribution in [0.2, 0.25) is 0 Å². The fraction of sp³-hybridized carbons (Fsp3) is 0.294. The van der Waals surface area contributed by atoms with E-state index in [1.54, 1.807) is 23.1 Å². The molecule has 0 spiro atoms. The van der Waals surface area contributed by atoms with Gasteiger partial charge in [-0.1, -0.05) is 29.8 Å². The van der Waals surface area contributed by atoms with Crippen molar-refractivity contribution in [3.63, 3.8) is 0 Å². The van der Waals surface area contributed by atoms with Gasteiger partial charge in [0.2, 0.25) is 0 Å². The number of benzene rings is 1. The molecule has 0 bridgehead atoms. The Kier molecular flexibility index (Phi) is 4.00. The lowest BCUT2D eigenvalue weighted by Gasteiger charge is -2.05. The van der Waals surface area contributed by atoms with E-state index in [1.165, 1.54) is 27.0 Å². The van der Waals surface area contributed by atoms with E-state index >= 15 is 0 Å². The molecule has 4 heteroatoms. The third-order valence-corrected chi connectivity index (χ3v) is 5.75. The first-order valence-corrected chi connectivity index (χ1v) is 8.77. The number of nitrogens with zero attached hydrogens (tertiary/aromatic N) is 2. The van der Waals surface area contributed by atoms with Crippen molar-refractivity contribution < 1.29 is 0 Å². The summed E-state index contributed by atoms with van der Waals surface area (Å²) in [5.74, 6) is 1.80. The molecule has 21 heavy (non-hydrogen) atoms. The Morgan fingerprint density at radius 2 is 1.71 bits per heavy atom. The molecule has 0 aliphatic heterocycles. The van der Waals surface area contributed by atoms with Gasteiger partial charge in [0.1, 0.15) is 15.7 Å². The number of fused-ring (bicyclic) bond motifs is 1. The lowest BCUT2D eigenvalue weighted by Crippen LogP contribution is -1.92. The molecule has 0 unspecified atom stereocenters. The van der Waals surface area contributed by atoms with E-state index < -0.39 is 0 Å². The van der Waals surface area contributed by atoms with Crippen LogP contribution in [0, 0.1) is 27.7 Å². The molecule has 0 saturated heterocycles. The van der Waals surface area contributed by atoms with Gasteiger partial charge < -0.3 is 0 Å². The van der Waals surface area contributed by atoms with Crippen LogP contribution in [0.15, 0.2) is 29.3 Å². The number of aryl methyl sites for hydroxylation is 4. The lowest BCUT2D eigenvalue weighted by atomic mass is 10.2. The zero-order chi connectivity index (χ0) is 15.0. The van der Waals surface area contributed by atoms with Crippen molar-refractivity contribution in [3.8, 4) is 0 Å². The second kappa shape index (κ2) is 5.78. The molecule has 108 valence electrons. The summed E-state index contributed by atoms with van der Waals surface area (Å²) in [4.78, 5) is 11.7. The summed E-state index contributed by atoms with van der Waals surface area (Å²) in [7, 11) is 0. The van der Waals surface area contributed by atoms with E-state index in [4.69, 9.17) is 0 Å². The summed E-state index contributed by atoms with van der Waals surface area (Å²) in [5.41, 5.74) is 3.95. The lowest BCUT2D eigenvalue weighted by molar-refractivity contribution is 1.01. The molecule has 2 nitrogen and oxygen atoms in total. The molecule has 0 aliphatic carbocycles. The minimum atomic E-state index is 0.857. The Hall–Kier alpha value is -1.39. The van der Waals surface area contributed by atoms with Crippen molar-refractivity contribution in [1.29, 1.82) is 0 Å². The highest BCUT2D eigenvalue weighted by Gasteiger charge is 2.13. The zero-order valence-corrected chi connectivity index (χ0v) is 14.4. The summed E-state index contributed by atoms with van der Waals surface area (Å²) in [6.45, 7) is 8.42. The van der Waals surface area contributed by atoms with Crippen molar-refractivity contribution in [2.45, 2.75) is 38.5 Å². The van der Waals surface area contributed by atoms with Crippen molar-refractivity contribution in [2.24, 2.45) is 0 Å². The van der Waals surface area contributed by atoms with E-state index in [2.05, 4.69) is 55.0 Å². The highest BCUT2D eigenvalue weighted by atomic mass is 32.2. The van der Waals surface area contributed by atoms with Crippen LogP contribution < -0.4 is 0 Å². The van der Waals surface area contributed by atoms with E-state index in [-0.39, 0.29) is 0 Å². The quantitative estimate of drug-likeness (QED) is 0.490. The van der Waals surface area contributed by atoms with E-state index in [0.29, 0.717) is 0 Å². The average molecular weight is 314 g/mol. The van der Waals surface area contributed by atoms with Crippen LogP contribution in [-0.4, -0.2) is 9.97 Å². The van der Waals surface area contributed by atoms with E-state index in [1.807, 2.05) is 6.92 Å². The predicted molar refractivity (Wildman–Crippen MR) is 92.4 cm³/mol. The van der Waals surface area contributed by atoms with Gasteiger partial charge in [-0.25, -0.2) is 9.97 Å². The molecule has 2 aromatic heterocycles. The molecular weight excluding hydrogens is 296 g/mol. The van der Waals surface area contributed by atoms with Gasteiger partial charge in [0, 0.05) is 16.0 Å². The topological polar surface area (TPSA) is 25.8 Å². The van der Waals surface area contributed by atoms with Gasteiger partial charge in [-0.3, -0.25) is 0 Å². The molecule has 3 aromatic rings. The number of rotatable bonds is 3. The van der Waals surface area contributed by atoms with Gasteiger partial charge in [0.05, 0.1) is 0 Å². The van der Waals surface area contributed by atoms with Crippen molar-refractivity contribution in [1.82, 2.24) is 9.97 Å². The molecule has 0 atom stereocenters. The Morgan fingerprint density at radius 3 is 2.43 bits per heavy atom. The summed E-state index contributed by atoms with van der Waals surface area (Å²) in [5, 5.41) is 2.35. The highest BCUT2D eigenvalue weighted by Crippen LogP contribution is 2.36. The van der Waals surface area contributed by atoms with Crippen LogP contribution in [0.25, 0.3) is 10.2 Å². The van der Waals surface area contributed by atoms with Crippen LogP contribution in [0.3, 0.4) is 0 Å². The van der Waals surface area contributed by atoms with Gasteiger partial charge in [0.25, 0.3) is 0 Å². The molecule has 0 saturated carbocycles. The molecule has 0 aliphatic rings. The normalized spacial score (nSPS) is 11.2. The van der Waals surface area contributed by atoms with Crippen molar-refractivity contribution >= 4 is 33.3 Å². The Labute approximate surface area is 133 Å². The van der Waals surface area contributed by atoms with Gasteiger partial charge >= 0.3 is 0 Å². The highest BCUT2D eigenvalue weighted by molar-refractivity contribution is 7.98. The maximum Gasteiger partial charge on any atom is 0.128 e. The Bertz CT molecular complexity index is 789. The van der Waals surface area contributed by atoms with Gasteiger partial charge in [0.15, 0.2) is 0 Å². The van der Waals surface area contributed by atoms with Crippen molar-refractivity contribution in [2.75, 3.05) is 0 Å². The van der Waals surface area contributed by atoms with Crippen LogP contribution in [0.4, 0.5) is 0 Å². The van der Waals surface area contributed by atoms with E-state index in [9.17, 15) is 0 Å². The smallest absolute Gasteiger partial charge is 0.128 e. The van der Waals surface area contributed by atoms with Gasteiger partial charge in [-0.05, 0) is 38.8 Å². The summed E-state index contributed by atoms with van der Waals surface area (Å²) in [6, 6.07) is 8.71. The third kappa shape index (κ3) is 2.97. The standard InChI is InChI=1S/C17H18N2S2/c1-10-5-7-14(8-6-10)9-20-16-15-11(2)12(3)21-17(15)19-13(4)18-16/h5-8H,9H2,1-4H3. The molecule has 2 heterocycles. The van der Waals surface area contributed by atoms with Crippen molar-refractivity contribution in [3.05, 3.63) is 51.7 Å². The summed E-state index contributed by atoms with van der Waals surface area (Å²) >= 11 is 3.57. The molecule has 0 radical (unpaired) electrons. The fourth-order valence-corrected chi connectivity index (χ4v) is 4.48. The number of hydrogen-bond donors (Lipinski definition) is 0. The first kappa shape index (κ1) is 14.5. The SMILES string of the molecule is Cc1ccc(CSc2nc(C)nc3sc(C)c(C)c23)cc1. The number of thioether (sulfide) groups is 1. The monoisotopic (exact) mass is 314 g/mol. The van der Waals surface area contributed by atoms with Crippen LogP contribution in [0.5, 0.6) is 0 Å². The third-order valence-electron chi connectivity index (χ3n) is 3.60. The largest absolute Gasteiger partial charge is 0.226 e. The molecule has 0 amide bonds. The van der Waals surface area contributed by atoms with Crippen LogP contribution >= 0.6 is 23.1 Å². The molecule has 3 rings (SSSR count). The van der Waals surface area contributed by atoms with Crippen LogP contribution in [-0.2, 0) is 5.75 Å². The number of thiophene rings is 1. The first-order valence-electron chi connectivity index (χ1n) is 6.97. The van der Waals surface area contributed by atoms with E-state index in [0.717, 1.165) is 21.4 Å². The maximum absolute atomic E-state index is 4.67. The Balaban J connectivity index is 1.94. The van der Waals surface area contributed by atoms with Crippen LogP contribution in [0.1, 0.15) is 27.4 Å². The van der Waals surface area contributed by atoms with Gasteiger partial charge in [-0.2, -0.15) is 0 Å². The van der Waals surface area contributed by atoms with Gasteiger partial charge in [-0.15, -0.1) is 23.1 Å². The Morgan fingerprint density at radius 1 is 1.00 bits per heavy atom.